The van der Waals surface area contributed by atoms with E-state index in [0.29, 0.717) is 5.02 Å². The van der Waals surface area contributed by atoms with Gasteiger partial charge in [0.1, 0.15) is 0 Å². The summed E-state index contributed by atoms with van der Waals surface area (Å²) in [5, 5.41) is 9.87. The molecule has 1 heterocycles. The van der Waals surface area contributed by atoms with Gasteiger partial charge in [0.15, 0.2) is 0 Å². The quantitative estimate of drug-likeness (QED) is 0.843. The standard InChI is InChI=1S/C12H10ClNO/c13-11-3-1-2-9(6-11)12-7-14-5-4-10(12)8-15/h1-7,15H,8H2. The summed E-state index contributed by atoms with van der Waals surface area (Å²) in [6, 6.07) is 9.31. The highest BCUT2D eigenvalue weighted by molar-refractivity contribution is 6.30. The van der Waals surface area contributed by atoms with Gasteiger partial charge in [-0.2, -0.15) is 0 Å². The molecule has 0 bridgehead atoms. The maximum absolute atomic E-state index is 9.19. The van der Waals surface area contributed by atoms with Crippen LogP contribution in [0.25, 0.3) is 11.1 Å². The number of rotatable bonds is 2. The molecule has 1 aromatic carbocycles. The van der Waals surface area contributed by atoms with Crippen LogP contribution in [-0.4, -0.2) is 10.1 Å². The number of pyridine rings is 1. The van der Waals surface area contributed by atoms with Crippen LogP contribution >= 0.6 is 11.6 Å². The van der Waals surface area contributed by atoms with Crippen LogP contribution in [0.2, 0.25) is 5.02 Å². The molecule has 0 spiro atoms. The number of nitrogens with zero attached hydrogens (tertiary/aromatic N) is 1. The number of aliphatic hydroxyl groups is 1. The molecular formula is C12H10ClNO. The third kappa shape index (κ3) is 2.17. The van der Waals surface area contributed by atoms with E-state index in [-0.39, 0.29) is 6.61 Å². The molecule has 0 unspecified atom stereocenters. The topological polar surface area (TPSA) is 33.1 Å². The molecule has 1 N–H and O–H groups in total. The van der Waals surface area contributed by atoms with Gasteiger partial charge in [-0.15, -0.1) is 0 Å². The van der Waals surface area contributed by atoms with Gasteiger partial charge in [0.05, 0.1) is 6.61 Å². The molecule has 0 atom stereocenters. The molecule has 3 heteroatoms. The van der Waals surface area contributed by atoms with Crippen LogP contribution in [0.15, 0.2) is 42.7 Å². The molecular weight excluding hydrogens is 210 g/mol. The summed E-state index contributed by atoms with van der Waals surface area (Å²) in [4.78, 5) is 4.05. The van der Waals surface area contributed by atoms with Crippen LogP contribution in [0.4, 0.5) is 0 Å². The second kappa shape index (κ2) is 4.43. The third-order valence-electron chi connectivity index (χ3n) is 2.22. The average molecular weight is 220 g/mol. The normalized spacial score (nSPS) is 10.3. The van der Waals surface area contributed by atoms with Gasteiger partial charge in [0, 0.05) is 23.0 Å². The Morgan fingerprint density at radius 2 is 2.13 bits per heavy atom. The lowest BCUT2D eigenvalue weighted by Crippen LogP contribution is -1.90. The molecule has 76 valence electrons. The van der Waals surface area contributed by atoms with E-state index in [1.54, 1.807) is 18.5 Å². The number of aromatic nitrogens is 1. The highest BCUT2D eigenvalue weighted by Crippen LogP contribution is 2.25. The Bertz CT molecular complexity index is 471. The van der Waals surface area contributed by atoms with Crippen molar-refractivity contribution in [2.75, 3.05) is 0 Å². The van der Waals surface area contributed by atoms with Crippen LogP contribution in [0.3, 0.4) is 0 Å². The molecule has 15 heavy (non-hydrogen) atoms. The Hall–Kier alpha value is -1.38. The van der Waals surface area contributed by atoms with E-state index in [4.69, 9.17) is 11.6 Å². The number of halogens is 1. The van der Waals surface area contributed by atoms with Gasteiger partial charge in [-0.25, -0.2) is 0 Å². The fraction of sp³-hybridized carbons (Fsp3) is 0.0833. The number of hydrogen-bond donors (Lipinski definition) is 1. The van der Waals surface area contributed by atoms with Gasteiger partial charge in [-0.05, 0) is 29.3 Å². The number of aliphatic hydroxyl groups excluding tert-OH is 1. The molecule has 2 nitrogen and oxygen atoms in total. The van der Waals surface area contributed by atoms with Gasteiger partial charge in [-0.3, -0.25) is 4.98 Å². The molecule has 2 rings (SSSR count). The SMILES string of the molecule is OCc1ccncc1-c1cccc(Cl)c1. The summed E-state index contributed by atoms with van der Waals surface area (Å²) in [6.45, 7) is 0.00433. The van der Waals surface area contributed by atoms with Crippen molar-refractivity contribution in [3.8, 4) is 11.1 Å². The minimum atomic E-state index is 0.00433. The molecule has 0 radical (unpaired) electrons. The molecule has 2 aromatic rings. The zero-order valence-corrected chi connectivity index (χ0v) is 8.78. The summed E-state index contributed by atoms with van der Waals surface area (Å²) in [6.07, 6.45) is 3.40. The lowest BCUT2D eigenvalue weighted by atomic mass is 10.0. The van der Waals surface area contributed by atoms with Gasteiger partial charge < -0.3 is 5.11 Å². The van der Waals surface area contributed by atoms with Crippen LogP contribution in [0.5, 0.6) is 0 Å². The highest BCUT2D eigenvalue weighted by Gasteiger charge is 2.04. The van der Waals surface area contributed by atoms with Gasteiger partial charge >= 0.3 is 0 Å². The smallest absolute Gasteiger partial charge is 0.0689 e. The van der Waals surface area contributed by atoms with Crippen molar-refractivity contribution < 1.29 is 5.11 Å². The predicted octanol–water partition coefficient (Wildman–Crippen LogP) is 2.89. The van der Waals surface area contributed by atoms with Crippen molar-refractivity contribution >= 4 is 11.6 Å². The van der Waals surface area contributed by atoms with E-state index in [9.17, 15) is 5.11 Å². The molecule has 0 aliphatic carbocycles. The van der Waals surface area contributed by atoms with Crippen molar-refractivity contribution in [1.82, 2.24) is 4.98 Å². The first kappa shape index (κ1) is 10.1. The van der Waals surface area contributed by atoms with Crippen molar-refractivity contribution in [3.05, 3.63) is 53.3 Å². The van der Waals surface area contributed by atoms with E-state index in [1.165, 1.54) is 0 Å². The summed E-state index contributed by atoms with van der Waals surface area (Å²) >= 11 is 5.91. The van der Waals surface area contributed by atoms with Gasteiger partial charge in [0.2, 0.25) is 0 Å². The van der Waals surface area contributed by atoms with Crippen molar-refractivity contribution in [1.29, 1.82) is 0 Å². The van der Waals surface area contributed by atoms with E-state index in [2.05, 4.69) is 4.98 Å². The largest absolute Gasteiger partial charge is 0.392 e. The van der Waals surface area contributed by atoms with Crippen LogP contribution in [0.1, 0.15) is 5.56 Å². The zero-order chi connectivity index (χ0) is 10.7. The van der Waals surface area contributed by atoms with Crippen LogP contribution < -0.4 is 0 Å². The average Bonchev–Trinajstić information content (AvgIpc) is 2.29. The summed E-state index contributed by atoms with van der Waals surface area (Å²) in [7, 11) is 0. The van der Waals surface area contributed by atoms with E-state index < -0.39 is 0 Å². The van der Waals surface area contributed by atoms with E-state index >= 15 is 0 Å². The van der Waals surface area contributed by atoms with E-state index in [1.807, 2.05) is 24.3 Å². The maximum Gasteiger partial charge on any atom is 0.0689 e. The second-order valence-corrected chi connectivity index (χ2v) is 3.64. The summed E-state index contributed by atoms with van der Waals surface area (Å²) in [5.74, 6) is 0. The Kier molecular flexibility index (Phi) is 2.99. The van der Waals surface area contributed by atoms with Crippen LogP contribution in [-0.2, 0) is 6.61 Å². The first-order valence-electron chi connectivity index (χ1n) is 4.61. The van der Waals surface area contributed by atoms with Gasteiger partial charge in [0.25, 0.3) is 0 Å². The molecule has 0 amide bonds. The van der Waals surface area contributed by atoms with E-state index in [0.717, 1.165) is 16.7 Å². The summed E-state index contributed by atoms with van der Waals surface area (Å²) in [5.41, 5.74) is 2.74. The fourth-order valence-corrected chi connectivity index (χ4v) is 1.67. The first-order chi connectivity index (χ1) is 7.31. The summed E-state index contributed by atoms with van der Waals surface area (Å²) < 4.78 is 0. The molecule has 0 aliphatic rings. The van der Waals surface area contributed by atoms with Crippen molar-refractivity contribution in [2.24, 2.45) is 0 Å². The van der Waals surface area contributed by atoms with Gasteiger partial charge in [-0.1, -0.05) is 23.7 Å². The molecule has 0 saturated heterocycles. The lowest BCUT2D eigenvalue weighted by molar-refractivity contribution is 0.282. The fourth-order valence-electron chi connectivity index (χ4n) is 1.48. The van der Waals surface area contributed by atoms with Crippen LogP contribution in [0, 0.1) is 0 Å². The Morgan fingerprint density at radius 3 is 2.87 bits per heavy atom. The molecule has 0 saturated carbocycles. The Labute approximate surface area is 93.2 Å². The zero-order valence-electron chi connectivity index (χ0n) is 8.02. The van der Waals surface area contributed by atoms with Crippen molar-refractivity contribution in [3.63, 3.8) is 0 Å². The number of hydrogen-bond acceptors (Lipinski definition) is 2. The lowest BCUT2D eigenvalue weighted by Gasteiger charge is -2.06. The molecule has 0 fully saturated rings. The second-order valence-electron chi connectivity index (χ2n) is 3.20. The van der Waals surface area contributed by atoms with Crippen molar-refractivity contribution in [2.45, 2.75) is 6.61 Å². The minimum Gasteiger partial charge on any atom is -0.392 e. The maximum atomic E-state index is 9.19. The number of benzene rings is 1. The molecule has 1 aromatic heterocycles. The first-order valence-corrected chi connectivity index (χ1v) is 4.99. The Morgan fingerprint density at radius 1 is 1.27 bits per heavy atom. The minimum absolute atomic E-state index is 0.00433. The monoisotopic (exact) mass is 219 g/mol. The Balaban J connectivity index is 2.53. The third-order valence-corrected chi connectivity index (χ3v) is 2.45. The molecule has 0 aliphatic heterocycles. The predicted molar refractivity (Wildman–Crippen MR) is 60.6 cm³/mol. The highest BCUT2D eigenvalue weighted by atomic mass is 35.5.